The molecule has 1 aromatic rings. The van der Waals surface area contributed by atoms with E-state index in [1.54, 1.807) is 18.2 Å². The second kappa shape index (κ2) is 4.15. The molecule has 0 bridgehead atoms. The molecule has 1 aromatic carbocycles. The van der Waals surface area contributed by atoms with Gasteiger partial charge in [-0.2, -0.15) is 5.26 Å². The minimum Gasteiger partial charge on any atom is -0.399 e. The van der Waals surface area contributed by atoms with E-state index in [1.165, 1.54) is 0 Å². The Morgan fingerprint density at radius 1 is 1.31 bits per heavy atom. The van der Waals surface area contributed by atoms with Gasteiger partial charge in [-0.15, -0.1) is 0 Å². The van der Waals surface area contributed by atoms with Gasteiger partial charge in [0.25, 0.3) is 0 Å². The summed E-state index contributed by atoms with van der Waals surface area (Å²) in [6, 6.07) is 7.05. The summed E-state index contributed by atoms with van der Waals surface area (Å²) < 4.78 is 0. The first kappa shape index (κ1) is 9.12. The van der Waals surface area contributed by atoms with Gasteiger partial charge in [-0.1, -0.05) is 11.8 Å². The van der Waals surface area contributed by atoms with Gasteiger partial charge < -0.3 is 11.5 Å². The lowest BCUT2D eigenvalue weighted by Gasteiger charge is -1.96. The summed E-state index contributed by atoms with van der Waals surface area (Å²) >= 11 is 0. The van der Waals surface area contributed by atoms with Crippen LogP contribution in [0.25, 0.3) is 0 Å². The summed E-state index contributed by atoms with van der Waals surface area (Å²) in [6.45, 7) is 0.287. The molecule has 3 nitrogen and oxygen atoms in total. The fraction of sp³-hybridized carbons (Fsp3) is 0.100. The van der Waals surface area contributed by atoms with E-state index in [9.17, 15) is 0 Å². The first-order valence-electron chi connectivity index (χ1n) is 3.76. The molecule has 0 radical (unpaired) electrons. The molecule has 0 aliphatic rings. The minimum atomic E-state index is 0.287. The molecule has 0 aromatic heterocycles. The normalized spacial score (nSPS) is 8.31. The van der Waals surface area contributed by atoms with Gasteiger partial charge in [0.15, 0.2) is 0 Å². The molecule has 0 aliphatic heterocycles. The third kappa shape index (κ3) is 2.23. The molecule has 0 fully saturated rings. The predicted octanol–water partition coefficient (Wildman–Crippen LogP) is 0.451. The number of nitrogens with two attached hydrogens (primary N) is 2. The highest BCUT2D eigenvalue weighted by molar-refractivity contribution is 5.55. The van der Waals surface area contributed by atoms with E-state index in [2.05, 4.69) is 11.8 Å². The van der Waals surface area contributed by atoms with E-state index in [1.807, 2.05) is 6.07 Å². The molecule has 64 valence electrons. The van der Waals surface area contributed by atoms with Gasteiger partial charge in [-0.25, -0.2) is 0 Å². The lowest BCUT2D eigenvalue weighted by atomic mass is 10.1. The molecule has 0 saturated heterocycles. The Kier molecular flexibility index (Phi) is 2.92. The standard InChI is InChI=1S/C10H9N3/c11-5-1-2-8-3-4-10(13)6-9(8)7-12/h3-4,6H,5,11,13H2. The second-order valence-corrected chi connectivity index (χ2v) is 2.42. The van der Waals surface area contributed by atoms with Crippen molar-refractivity contribution in [3.63, 3.8) is 0 Å². The zero-order chi connectivity index (χ0) is 9.68. The van der Waals surface area contributed by atoms with E-state index in [4.69, 9.17) is 16.7 Å². The van der Waals surface area contributed by atoms with Crippen LogP contribution in [-0.2, 0) is 0 Å². The highest BCUT2D eigenvalue weighted by atomic mass is 14.5. The van der Waals surface area contributed by atoms with Crippen LogP contribution in [0.4, 0.5) is 5.69 Å². The average Bonchev–Trinajstić information content (AvgIpc) is 2.16. The number of anilines is 1. The molecule has 0 amide bonds. The van der Waals surface area contributed by atoms with Crippen molar-refractivity contribution < 1.29 is 0 Å². The third-order valence-electron chi connectivity index (χ3n) is 1.49. The molecule has 3 heteroatoms. The first-order chi connectivity index (χ1) is 6.27. The molecule has 0 aliphatic carbocycles. The average molecular weight is 171 g/mol. The molecule has 4 N–H and O–H groups in total. The minimum absolute atomic E-state index is 0.287. The van der Waals surface area contributed by atoms with Gasteiger partial charge in [0.2, 0.25) is 0 Å². The molecule has 0 spiro atoms. The Bertz CT molecular complexity index is 404. The zero-order valence-electron chi connectivity index (χ0n) is 7.04. The monoisotopic (exact) mass is 171 g/mol. The van der Waals surface area contributed by atoms with Crippen LogP contribution in [0.3, 0.4) is 0 Å². The van der Waals surface area contributed by atoms with Crippen LogP contribution in [0.5, 0.6) is 0 Å². The van der Waals surface area contributed by atoms with Crippen molar-refractivity contribution >= 4 is 5.69 Å². The molecule has 1 rings (SSSR count). The smallest absolute Gasteiger partial charge is 0.101 e. The van der Waals surface area contributed by atoms with Gasteiger partial charge in [0.1, 0.15) is 6.07 Å². The fourth-order valence-corrected chi connectivity index (χ4v) is 0.910. The van der Waals surface area contributed by atoms with Crippen molar-refractivity contribution in [1.82, 2.24) is 0 Å². The van der Waals surface area contributed by atoms with Crippen molar-refractivity contribution in [1.29, 1.82) is 5.26 Å². The lowest BCUT2D eigenvalue weighted by Crippen LogP contribution is -1.94. The summed E-state index contributed by atoms with van der Waals surface area (Å²) in [5, 5.41) is 8.74. The van der Waals surface area contributed by atoms with E-state index >= 15 is 0 Å². The quantitative estimate of drug-likeness (QED) is 0.439. The van der Waals surface area contributed by atoms with Crippen LogP contribution in [0.2, 0.25) is 0 Å². The maximum absolute atomic E-state index is 8.74. The van der Waals surface area contributed by atoms with Gasteiger partial charge in [0, 0.05) is 11.3 Å². The Morgan fingerprint density at radius 2 is 2.08 bits per heavy atom. The number of nitrogens with zero attached hydrogens (tertiary/aromatic N) is 1. The topological polar surface area (TPSA) is 75.8 Å². The first-order valence-corrected chi connectivity index (χ1v) is 3.76. The summed E-state index contributed by atoms with van der Waals surface area (Å²) in [6.07, 6.45) is 0. The molecule has 0 heterocycles. The van der Waals surface area contributed by atoms with Gasteiger partial charge >= 0.3 is 0 Å². The number of rotatable bonds is 0. The summed E-state index contributed by atoms with van der Waals surface area (Å²) in [4.78, 5) is 0. The van der Waals surface area contributed by atoms with Crippen molar-refractivity contribution in [3.8, 4) is 17.9 Å². The number of nitriles is 1. The van der Waals surface area contributed by atoms with Crippen molar-refractivity contribution in [3.05, 3.63) is 29.3 Å². The number of nitrogen functional groups attached to an aromatic ring is 1. The number of benzene rings is 1. The van der Waals surface area contributed by atoms with Crippen LogP contribution >= 0.6 is 0 Å². The molecular formula is C10H9N3. The number of hydrogen-bond acceptors (Lipinski definition) is 3. The maximum Gasteiger partial charge on any atom is 0.101 e. The molecular weight excluding hydrogens is 162 g/mol. The SMILES string of the molecule is N#Cc1cc(N)ccc1C#CCN. The Morgan fingerprint density at radius 3 is 2.69 bits per heavy atom. The summed E-state index contributed by atoms with van der Waals surface area (Å²) in [5.74, 6) is 5.48. The van der Waals surface area contributed by atoms with Gasteiger partial charge in [-0.05, 0) is 18.2 Å². The van der Waals surface area contributed by atoms with Crippen molar-refractivity contribution in [2.75, 3.05) is 12.3 Å². The van der Waals surface area contributed by atoms with Crippen molar-refractivity contribution in [2.45, 2.75) is 0 Å². The van der Waals surface area contributed by atoms with Crippen LogP contribution in [-0.4, -0.2) is 6.54 Å². The summed E-state index contributed by atoms with van der Waals surface area (Å²) in [5.41, 5.74) is 12.4. The fourth-order valence-electron chi connectivity index (χ4n) is 0.910. The molecule has 0 unspecified atom stereocenters. The van der Waals surface area contributed by atoms with E-state index in [0.29, 0.717) is 16.8 Å². The largest absolute Gasteiger partial charge is 0.399 e. The highest BCUT2D eigenvalue weighted by Crippen LogP contribution is 2.10. The highest BCUT2D eigenvalue weighted by Gasteiger charge is 1.98. The van der Waals surface area contributed by atoms with Gasteiger partial charge in [-0.3, -0.25) is 0 Å². The third-order valence-corrected chi connectivity index (χ3v) is 1.49. The van der Waals surface area contributed by atoms with E-state index in [-0.39, 0.29) is 6.54 Å². The van der Waals surface area contributed by atoms with Crippen LogP contribution in [0.1, 0.15) is 11.1 Å². The molecule has 0 saturated carbocycles. The van der Waals surface area contributed by atoms with Crippen LogP contribution < -0.4 is 11.5 Å². The lowest BCUT2D eigenvalue weighted by molar-refractivity contribution is 1.30. The molecule has 13 heavy (non-hydrogen) atoms. The van der Waals surface area contributed by atoms with Crippen molar-refractivity contribution in [2.24, 2.45) is 5.73 Å². The van der Waals surface area contributed by atoms with E-state index < -0.39 is 0 Å². The Balaban J connectivity index is 3.16. The van der Waals surface area contributed by atoms with Gasteiger partial charge in [0.05, 0.1) is 12.1 Å². The Labute approximate surface area is 77.0 Å². The Hall–Kier alpha value is -1.97. The van der Waals surface area contributed by atoms with E-state index in [0.717, 1.165) is 0 Å². The van der Waals surface area contributed by atoms with Crippen LogP contribution in [0, 0.1) is 23.2 Å². The summed E-state index contributed by atoms with van der Waals surface area (Å²) in [7, 11) is 0. The maximum atomic E-state index is 8.74. The second-order valence-electron chi connectivity index (χ2n) is 2.42. The van der Waals surface area contributed by atoms with Crippen LogP contribution in [0.15, 0.2) is 18.2 Å². The predicted molar refractivity (Wildman–Crippen MR) is 51.5 cm³/mol. The molecule has 0 atom stereocenters. The number of hydrogen-bond donors (Lipinski definition) is 2. The zero-order valence-corrected chi connectivity index (χ0v) is 7.04.